The molecule has 3 heteroatoms. The molecule has 0 bridgehead atoms. The first kappa shape index (κ1) is 18.0. The quantitative estimate of drug-likeness (QED) is 0.767. The Bertz CT molecular complexity index is 493. The smallest absolute Gasteiger partial charge is 0.311 e. The molecular formula is C20H31NO2. The van der Waals surface area contributed by atoms with Crippen molar-refractivity contribution in [2.45, 2.75) is 53.6 Å². The van der Waals surface area contributed by atoms with E-state index in [2.05, 4.69) is 36.1 Å². The molecule has 0 saturated carbocycles. The second-order valence-corrected chi connectivity index (χ2v) is 7.72. The van der Waals surface area contributed by atoms with Gasteiger partial charge >= 0.3 is 5.97 Å². The maximum Gasteiger partial charge on any atom is 0.311 e. The van der Waals surface area contributed by atoms with Crippen molar-refractivity contribution < 1.29 is 9.53 Å². The van der Waals surface area contributed by atoms with Crippen LogP contribution in [0, 0.1) is 11.3 Å². The molecule has 128 valence electrons. The Balaban J connectivity index is 1.80. The van der Waals surface area contributed by atoms with E-state index >= 15 is 0 Å². The largest absolute Gasteiger partial charge is 0.460 e. The van der Waals surface area contributed by atoms with Crippen LogP contribution in [0.2, 0.25) is 0 Å². The van der Waals surface area contributed by atoms with Gasteiger partial charge in [-0.3, -0.25) is 4.79 Å². The predicted octanol–water partition coefficient (Wildman–Crippen LogP) is 4.05. The number of hydrogen-bond donors (Lipinski definition) is 0. The van der Waals surface area contributed by atoms with E-state index in [4.69, 9.17) is 4.74 Å². The van der Waals surface area contributed by atoms with Crippen molar-refractivity contribution in [3.63, 3.8) is 0 Å². The minimum absolute atomic E-state index is 0.149. The van der Waals surface area contributed by atoms with Gasteiger partial charge in [0.15, 0.2) is 0 Å². The number of likely N-dealkylation sites (tertiary alicyclic amines) is 1. The fourth-order valence-corrected chi connectivity index (χ4v) is 2.98. The van der Waals surface area contributed by atoms with Crippen molar-refractivity contribution in [1.29, 1.82) is 0 Å². The molecule has 23 heavy (non-hydrogen) atoms. The topological polar surface area (TPSA) is 29.5 Å². The highest BCUT2D eigenvalue weighted by Crippen LogP contribution is 2.22. The summed E-state index contributed by atoms with van der Waals surface area (Å²) in [5, 5.41) is 0. The first-order valence-electron chi connectivity index (χ1n) is 8.86. The summed E-state index contributed by atoms with van der Waals surface area (Å²) in [7, 11) is 0. The number of nitrogens with zero attached hydrogens (tertiary/aromatic N) is 1. The lowest BCUT2D eigenvalue weighted by Gasteiger charge is -2.31. The zero-order valence-corrected chi connectivity index (χ0v) is 15.1. The monoisotopic (exact) mass is 317 g/mol. The second kappa shape index (κ2) is 7.96. The Morgan fingerprint density at radius 3 is 2.22 bits per heavy atom. The summed E-state index contributed by atoms with van der Waals surface area (Å²) in [6.07, 6.45) is 3.77. The molecule has 2 rings (SSSR count). The summed E-state index contributed by atoms with van der Waals surface area (Å²) in [5.74, 6) is 0.659. The van der Waals surface area contributed by atoms with E-state index in [0.717, 1.165) is 11.5 Å². The van der Waals surface area contributed by atoms with E-state index in [0.29, 0.717) is 6.61 Å². The number of benzene rings is 1. The fraction of sp³-hybridized carbons (Fsp3) is 0.650. The summed E-state index contributed by atoms with van der Waals surface area (Å²) < 4.78 is 5.36. The summed E-state index contributed by atoms with van der Waals surface area (Å²) in [5.41, 5.74) is 2.02. The average molecular weight is 317 g/mol. The third-order valence-corrected chi connectivity index (χ3v) is 4.68. The molecule has 3 nitrogen and oxygen atoms in total. The van der Waals surface area contributed by atoms with Crippen LogP contribution in [-0.2, 0) is 22.6 Å². The molecule has 0 atom stereocenters. The highest BCUT2D eigenvalue weighted by Gasteiger charge is 2.23. The van der Waals surface area contributed by atoms with Gasteiger partial charge in [0, 0.05) is 0 Å². The van der Waals surface area contributed by atoms with Crippen LogP contribution in [0.25, 0.3) is 0 Å². The SMILES string of the molecule is CCN1CCC(Cc2ccc(COC(=O)C(C)(C)C)cc2)CC1. The maximum absolute atomic E-state index is 11.8. The Kier molecular flexibility index (Phi) is 6.23. The number of rotatable bonds is 5. The van der Waals surface area contributed by atoms with E-state index in [1.165, 1.54) is 44.5 Å². The van der Waals surface area contributed by atoms with Crippen molar-refractivity contribution in [2.24, 2.45) is 11.3 Å². The van der Waals surface area contributed by atoms with Crippen LogP contribution < -0.4 is 0 Å². The van der Waals surface area contributed by atoms with Crippen molar-refractivity contribution in [2.75, 3.05) is 19.6 Å². The minimum atomic E-state index is -0.437. The number of carbonyl (C=O) groups excluding carboxylic acids is 1. The van der Waals surface area contributed by atoms with Gasteiger partial charge in [-0.25, -0.2) is 0 Å². The Labute approximate surface area is 141 Å². The summed E-state index contributed by atoms with van der Waals surface area (Å²) in [6, 6.07) is 8.55. The lowest BCUT2D eigenvalue weighted by Crippen LogP contribution is -2.34. The van der Waals surface area contributed by atoms with Gasteiger partial charge in [-0.15, -0.1) is 0 Å². The first-order valence-corrected chi connectivity index (χ1v) is 8.86. The predicted molar refractivity (Wildman–Crippen MR) is 94.2 cm³/mol. The van der Waals surface area contributed by atoms with Crippen LogP contribution in [0.3, 0.4) is 0 Å². The van der Waals surface area contributed by atoms with E-state index in [1.807, 2.05) is 20.8 Å². The van der Waals surface area contributed by atoms with Crippen molar-refractivity contribution in [3.05, 3.63) is 35.4 Å². The molecule has 0 radical (unpaired) electrons. The molecule has 1 aliphatic heterocycles. The molecule has 0 amide bonds. The summed E-state index contributed by atoms with van der Waals surface area (Å²) in [4.78, 5) is 14.3. The van der Waals surface area contributed by atoms with E-state index < -0.39 is 5.41 Å². The standard InChI is InChI=1S/C20H31NO2/c1-5-21-12-10-17(11-13-21)14-16-6-8-18(9-7-16)15-23-19(22)20(2,3)4/h6-9,17H,5,10-15H2,1-4H3. The number of piperidine rings is 1. The molecule has 0 aromatic heterocycles. The first-order chi connectivity index (χ1) is 10.9. The molecule has 0 unspecified atom stereocenters. The molecule has 0 spiro atoms. The zero-order chi connectivity index (χ0) is 16.9. The molecule has 1 saturated heterocycles. The Hall–Kier alpha value is -1.35. The van der Waals surface area contributed by atoms with E-state index in [-0.39, 0.29) is 5.97 Å². The third kappa shape index (κ3) is 5.65. The average Bonchev–Trinajstić information content (AvgIpc) is 2.53. The zero-order valence-electron chi connectivity index (χ0n) is 15.1. The van der Waals surface area contributed by atoms with Crippen LogP contribution in [0.4, 0.5) is 0 Å². The normalized spacial score (nSPS) is 17.2. The van der Waals surface area contributed by atoms with Gasteiger partial charge in [-0.05, 0) is 76.7 Å². The summed E-state index contributed by atoms with van der Waals surface area (Å²) >= 11 is 0. The maximum atomic E-state index is 11.8. The lowest BCUT2D eigenvalue weighted by atomic mass is 9.90. The minimum Gasteiger partial charge on any atom is -0.460 e. The van der Waals surface area contributed by atoms with Gasteiger partial charge in [0.1, 0.15) is 6.61 Å². The summed E-state index contributed by atoms with van der Waals surface area (Å²) in [6.45, 7) is 11.9. The third-order valence-electron chi connectivity index (χ3n) is 4.68. The van der Waals surface area contributed by atoms with Crippen LogP contribution in [0.5, 0.6) is 0 Å². The molecule has 0 aliphatic carbocycles. The fourth-order valence-electron chi connectivity index (χ4n) is 2.98. The number of hydrogen-bond acceptors (Lipinski definition) is 3. The van der Waals surface area contributed by atoms with E-state index in [1.54, 1.807) is 0 Å². The lowest BCUT2D eigenvalue weighted by molar-refractivity contribution is -0.154. The number of ether oxygens (including phenoxy) is 1. The van der Waals surface area contributed by atoms with Gasteiger partial charge in [0.25, 0.3) is 0 Å². The molecule has 1 heterocycles. The van der Waals surface area contributed by atoms with Gasteiger partial charge in [-0.2, -0.15) is 0 Å². The van der Waals surface area contributed by atoms with Gasteiger partial charge in [0.2, 0.25) is 0 Å². The second-order valence-electron chi connectivity index (χ2n) is 7.72. The van der Waals surface area contributed by atoms with Gasteiger partial charge < -0.3 is 9.64 Å². The van der Waals surface area contributed by atoms with Crippen LogP contribution in [0.1, 0.15) is 51.7 Å². The van der Waals surface area contributed by atoms with Crippen LogP contribution in [0.15, 0.2) is 24.3 Å². The molecule has 1 aromatic rings. The molecular weight excluding hydrogens is 286 g/mol. The van der Waals surface area contributed by atoms with Gasteiger partial charge in [0.05, 0.1) is 5.41 Å². The van der Waals surface area contributed by atoms with Crippen LogP contribution >= 0.6 is 0 Å². The number of carbonyl (C=O) groups is 1. The van der Waals surface area contributed by atoms with Crippen molar-refractivity contribution in [1.82, 2.24) is 4.90 Å². The Morgan fingerprint density at radius 1 is 1.13 bits per heavy atom. The van der Waals surface area contributed by atoms with Crippen molar-refractivity contribution in [3.8, 4) is 0 Å². The molecule has 1 aliphatic rings. The highest BCUT2D eigenvalue weighted by atomic mass is 16.5. The molecule has 1 fully saturated rings. The molecule has 1 aromatic carbocycles. The van der Waals surface area contributed by atoms with Crippen LogP contribution in [-0.4, -0.2) is 30.5 Å². The van der Waals surface area contributed by atoms with Gasteiger partial charge in [-0.1, -0.05) is 31.2 Å². The Morgan fingerprint density at radius 2 is 1.70 bits per heavy atom. The van der Waals surface area contributed by atoms with Crippen molar-refractivity contribution >= 4 is 5.97 Å². The van der Waals surface area contributed by atoms with E-state index in [9.17, 15) is 4.79 Å². The molecule has 0 N–H and O–H groups in total. The highest BCUT2D eigenvalue weighted by molar-refractivity contribution is 5.75. The number of esters is 1.